The van der Waals surface area contributed by atoms with Crippen molar-refractivity contribution in [3.8, 4) is 5.75 Å². The fourth-order valence-electron chi connectivity index (χ4n) is 2.81. The lowest BCUT2D eigenvalue weighted by atomic mass is 10.1. The van der Waals surface area contributed by atoms with E-state index in [1.54, 1.807) is 0 Å². The lowest BCUT2D eigenvalue weighted by Crippen LogP contribution is -2.11. The van der Waals surface area contributed by atoms with Gasteiger partial charge in [-0.05, 0) is 55.2 Å². The molecule has 0 fully saturated rings. The van der Waals surface area contributed by atoms with Crippen LogP contribution in [0.4, 0.5) is 5.69 Å². The third-order valence-electron chi connectivity index (χ3n) is 4.38. The van der Waals surface area contributed by atoms with Crippen molar-refractivity contribution < 1.29 is 9.53 Å². The van der Waals surface area contributed by atoms with E-state index in [-0.39, 0.29) is 5.91 Å². The van der Waals surface area contributed by atoms with Crippen molar-refractivity contribution in [2.45, 2.75) is 32.8 Å². The molecule has 0 aliphatic rings. The van der Waals surface area contributed by atoms with Crippen LogP contribution in [0.2, 0.25) is 0 Å². The molecule has 3 aromatic carbocycles. The SMILES string of the molecule is Cc1ccc(CCCC(=O)Nc2ccc(OCc3ccccc3)cc2)cc1. The van der Waals surface area contributed by atoms with E-state index in [4.69, 9.17) is 4.74 Å². The van der Waals surface area contributed by atoms with Gasteiger partial charge in [0.15, 0.2) is 0 Å². The molecule has 0 aromatic heterocycles. The van der Waals surface area contributed by atoms with Crippen molar-refractivity contribution in [2.24, 2.45) is 0 Å². The molecule has 138 valence electrons. The quantitative estimate of drug-likeness (QED) is 0.574. The highest BCUT2D eigenvalue weighted by Gasteiger charge is 2.04. The van der Waals surface area contributed by atoms with Gasteiger partial charge in [0.25, 0.3) is 0 Å². The summed E-state index contributed by atoms with van der Waals surface area (Å²) in [4.78, 5) is 12.1. The summed E-state index contributed by atoms with van der Waals surface area (Å²) in [5.41, 5.74) is 4.45. The van der Waals surface area contributed by atoms with Crippen LogP contribution in [-0.4, -0.2) is 5.91 Å². The van der Waals surface area contributed by atoms with Crippen molar-refractivity contribution in [1.29, 1.82) is 0 Å². The Balaban J connectivity index is 1.40. The van der Waals surface area contributed by atoms with Crippen LogP contribution >= 0.6 is 0 Å². The number of amides is 1. The number of hydrogen-bond acceptors (Lipinski definition) is 2. The molecular weight excluding hydrogens is 334 g/mol. The van der Waals surface area contributed by atoms with Gasteiger partial charge in [0, 0.05) is 12.1 Å². The van der Waals surface area contributed by atoms with Gasteiger partial charge in [0.05, 0.1) is 0 Å². The van der Waals surface area contributed by atoms with E-state index in [1.165, 1.54) is 11.1 Å². The second-order valence-electron chi connectivity index (χ2n) is 6.69. The van der Waals surface area contributed by atoms with Gasteiger partial charge >= 0.3 is 0 Å². The van der Waals surface area contributed by atoms with Crippen LogP contribution in [0.15, 0.2) is 78.9 Å². The lowest BCUT2D eigenvalue weighted by molar-refractivity contribution is -0.116. The second-order valence-corrected chi connectivity index (χ2v) is 6.69. The van der Waals surface area contributed by atoms with Crippen LogP contribution in [0.5, 0.6) is 5.75 Å². The Kier molecular flexibility index (Phi) is 6.64. The van der Waals surface area contributed by atoms with E-state index in [9.17, 15) is 4.79 Å². The second kappa shape index (κ2) is 9.58. The van der Waals surface area contributed by atoms with Crippen molar-refractivity contribution in [3.63, 3.8) is 0 Å². The predicted octanol–water partition coefficient (Wildman–Crippen LogP) is 5.54. The fourth-order valence-corrected chi connectivity index (χ4v) is 2.81. The van der Waals surface area contributed by atoms with Crippen LogP contribution < -0.4 is 10.1 Å². The molecule has 3 nitrogen and oxygen atoms in total. The Hall–Kier alpha value is -3.07. The van der Waals surface area contributed by atoms with Gasteiger partial charge < -0.3 is 10.1 Å². The van der Waals surface area contributed by atoms with Crippen molar-refractivity contribution in [2.75, 3.05) is 5.32 Å². The van der Waals surface area contributed by atoms with E-state index in [0.29, 0.717) is 13.0 Å². The standard InChI is InChI=1S/C24H25NO2/c1-19-10-12-20(13-11-19)8-5-9-24(26)25-22-14-16-23(17-15-22)27-18-21-6-3-2-4-7-21/h2-4,6-7,10-17H,5,8-9,18H2,1H3,(H,25,26). The Labute approximate surface area is 161 Å². The Bertz CT molecular complexity index is 840. The first-order valence-electron chi connectivity index (χ1n) is 9.31. The zero-order valence-electron chi connectivity index (χ0n) is 15.7. The lowest BCUT2D eigenvalue weighted by Gasteiger charge is -2.09. The minimum absolute atomic E-state index is 0.0417. The monoisotopic (exact) mass is 359 g/mol. The summed E-state index contributed by atoms with van der Waals surface area (Å²) in [5.74, 6) is 0.830. The Morgan fingerprint density at radius 1 is 0.852 bits per heavy atom. The number of nitrogens with one attached hydrogen (secondary N) is 1. The highest BCUT2D eigenvalue weighted by Crippen LogP contribution is 2.17. The molecule has 3 heteroatoms. The highest BCUT2D eigenvalue weighted by molar-refractivity contribution is 5.90. The largest absolute Gasteiger partial charge is 0.489 e. The maximum atomic E-state index is 12.1. The van der Waals surface area contributed by atoms with Gasteiger partial charge in [-0.1, -0.05) is 60.2 Å². The molecule has 1 N–H and O–H groups in total. The van der Waals surface area contributed by atoms with Crippen molar-refractivity contribution in [1.82, 2.24) is 0 Å². The molecule has 0 heterocycles. The molecule has 0 saturated heterocycles. The molecule has 0 saturated carbocycles. The first-order valence-corrected chi connectivity index (χ1v) is 9.31. The number of rotatable bonds is 8. The normalized spacial score (nSPS) is 10.4. The molecule has 1 amide bonds. The number of carbonyl (C=O) groups excluding carboxylic acids is 1. The predicted molar refractivity (Wildman–Crippen MR) is 110 cm³/mol. The van der Waals surface area contributed by atoms with Gasteiger partial charge in [-0.15, -0.1) is 0 Å². The van der Waals surface area contributed by atoms with E-state index < -0.39 is 0 Å². The third-order valence-corrected chi connectivity index (χ3v) is 4.38. The highest BCUT2D eigenvalue weighted by atomic mass is 16.5. The molecule has 0 aliphatic heterocycles. The minimum atomic E-state index is 0.0417. The number of anilines is 1. The number of aryl methyl sites for hydroxylation is 2. The molecule has 0 aliphatic carbocycles. The first kappa shape index (κ1) is 18.7. The topological polar surface area (TPSA) is 38.3 Å². The average molecular weight is 359 g/mol. The fraction of sp³-hybridized carbons (Fsp3) is 0.208. The smallest absolute Gasteiger partial charge is 0.224 e. The molecule has 0 unspecified atom stereocenters. The summed E-state index contributed by atoms with van der Waals surface area (Å²) >= 11 is 0. The van der Waals surface area contributed by atoms with E-state index in [2.05, 4.69) is 36.5 Å². The number of hydrogen-bond donors (Lipinski definition) is 1. The first-order chi connectivity index (χ1) is 13.2. The van der Waals surface area contributed by atoms with Crippen LogP contribution in [0.1, 0.15) is 29.5 Å². The zero-order chi connectivity index (χ0) is 18.9. The summed E-state index contributed by atoms with van der Waals surface area (Å²) < 4.78 is 5.76. The summed E-state index contributed by atoms with van der Waals surface area (Å²) in [6, 6.07) is 26.0. The minimum Gasteiger partial charge on any atom is -0.489 e. The van der Waals surface area contributed by atoms with Gasteiger partial charge in [-0.25, -0.2) is 0 Å². The van der Waals surface area contributed by atoms with E-state index in [1.807, 2.05) is 54.6 Å². The summed E-state index contributed by atoms with van der Waals surface area (Å²) in [6.07, 6.45) is 2.27. The van der Waals surface area contributed by atoms with Crippen LogP contribution in [0.3, 0.4) is 0 Å². The summed E-state index contributed by atoms with van der Waals surface area (Å²) in [6.45, 7) is 2.61. The van der Waals surface area contributed by atoms with E-state index in [0.717, 1.165) is 29.8 Å². The Morgan fingerprint density at radius 3 is 2.26 bits per heavy atom. The van der Waals surface area contributed by atoms with Crippen LogP contribution in [-0.2, 0) is 17.8 Å². The van der Waals surface area contributed by atoms with Crippen LogP contribution in [0, 0.1) is 6.92 Å². The zero-order valence-corrected chi connectivity index (χ0v) is 15.7. The van der Waals surface area contributed by atoms with Crippen molar-refractivity contribution in [3.05, 3.63) is 95.6 Å². The molecule has 3 aromatic rings. The van der Waals surface area contributed by atoms with Gasteiger partial charge in [-0.3, -0.25) is 4.79 Å². The molecule has 0 bridgehead atoms. The van der Waals surface area contributed by atoms with Gasteiger partial charge in [-0.2, -0.15) is 0 Å². The summed E-state index contributed by atoms with van der Waals surface area (Å²) in [7, 11) is 0. The number of ether oxygens (including phenoxy) is 1. The molecule has 0 atom stereocenters. The summed E-state index contributed by atoms with van der Waals surface area (Å²) in [5, 5.41) is 2.94. The number of carbonyl (C=O) groups is 1. The molecule has 3 rings (SSSR count). The van der Waals surface area contributed by atoms with Crippen molar-refractivity contribution >= 4 is 11.6 Å². The molecule has 0 spiro atoms. The number of benzene rings is 3. The van der Waals surface area contributed by atoms with E-state index >= 15 is 0 Å². The molecule has 0 radical (unpaired) electrons. The van der Waals surface area contributed by atoms with Gasteiger partial charge in [0.1, 0.15) is 12.4 Å². The maximum Gasteiger partial charge on any atom is 0.224 e. The van der Waals surface area contributed by atoms with Crippen LogP contribution in [0.25, 0.3) is 0 Å². The third kappa shape index (κ3) is 6.30. The van der Waals surface area contributed by atoms with Gasteiger partial charge in [0.2, 0.25) is 5.91 Å². The molecule has 27 heavy (non-hydrogen) atoms. The maximum absolute atomic E-state index is 12.1. The Morgan fingerprint density at radius 2 is 1.56 bits per heavy atom. The average Bonchev–Trinajstić information content (AvgIpc) is 2.70. The molecular formula is C24H25NO2.